The van der Waals surface area contributed by atoms with Crippen LogP contribution >= 0.6 is 0 Å². The molecule has 0 spiro atoms. The van der Waals surface area contributed by atoms with E-state index in [1.165, 1.54) is 101 Å². The van der Waals surface area contributed by atoms with E-state index < -0.39 is 0 Å². The molecule has 0 aliphatic rings. The number of hydrogen-bond donors (Lipinski definition) is 0. The molecule has 2 aromatic heterocycles. The molecule has 0 aliphatic carbocycles. The van der Waals surface area contributed by atoms with E-state index in [1.807, 2.05) is 0 Å². The third-order valence-corrected chi connectivity index (χ3v) is 7.33. The Kier molecular flexibility index (Phi) is 13.7. The number of aryl methyl sites for hydroxylation is 4. The molecule has 0 amide bonds. The predicted octanol–water partition coefficient (Wildman–Crippen LogP) is 8.82. The monoisotopic (exact) mass is 494 g/mol. The van der Waals surface area contributed by atoms with E-state index in [0.717, 1.165) is 13.1 Å². The molecule has 2 nitrogen and oxygen atoms in total. The molecule has 0 unspecified atom stereocenters. The van der Waals surface area contributed by atoms with Crippen LogP contribution in [0.5, 0.6) is 0 Å². The number of nitrogens with zero attached hydrogens (tertiary/aromatic N) is 2. The predicted molar refractivity (Wildman–Crippen MR) is 155 cm³/mol. The van der Waals surface area contributed by atoms with Crippen molar-refractivity contribution in [2.45, 2.75) is 145 Å². The highest BCUT2D eigenvalue weighted by Gasteiger charge is 2.11. The fourth-order valence-electron chi connectivity index (χ4n) is 4.65. The highest BCUT2D eigenvalue weighted by atomic mass is 14.9. The van der Waals surface area contributed by atoms with Gasteiger partial charge in [-0.15, -0.1) is 0 Å². The second kappa shape index (κ2) is 16.2. The molecular weight excluding hydrogens is 436 g/mol. The zero-order valence-corrected chi connectivity index (χ0v) is 24.8. The lowest BCUT2D eigenvalue weighted by Crippen LogP contribution is -2.32. The lowest BCUT2D eigenvalue weighted by atomic mass is 9.89. The van der Waals surface area contributed by atoms with Gasteiger partial charge in [0, 0.05) is 37.1 Å². The smallest absolute Gasteiger partial charge is 0.169 e. The lowest BCUT2D eigenvalue weighted by Gasteiger charge is -2.17. The number of rotatable bonds is 17. The van der Waals surface area contributed by atoms with E-state index in [1.54, 1.807) is 0 Å². The maximum Gasteiger partial charge on any atom is 0.169 e. The lowest BCUT2D eigenvalue weighted by molar-refractivity contribution is -0.697. The first-order chi connectivity index (χ1) is 17.1. The fourth-order valence-corrected chi connectivity index (χ4v) is 4.65. The van der Waals surface area contributed by atoms with Gasteiger partial charge in [-0.1, -0.05) is 80.1 Å². The van der Waals surface area contributed by atoms with Gasteiger partial charge in [-0.3, -0.25) is 0 Å². The van der Waals surface area contributed by atoms with E-state index in [4.69, 9.17) is 0 Å². The quantitative estimate of drug-likeness (QED) is 0.153. The summed E-state index contributed by atoms with van der Waals surface area (Å²) in [6.45, 7) is 16.3. The van der Waals surface area contributed by atoms with E-state index in [2.05, 4.69) is 99.7 Å². The molecule has 2 aromatic rings. The van der Waals surface area contributed by atoms with Gasteiger partial charge in [0.1, 0.15) is 13.1 Å². The fraction of sp³-hybridized carbons (Fsp3) is 0.706. The normalized spacial score (nSPS) is 12.3. The molecular formula is C34H58N2+2. The maximum atomic E-state index is 2.36. The van der Waals surface area contributed by atoms with Gasteiger partial charge in [-0.25, -0.2) is 9.13 Å². The van der Waals surface area contributed by atoms with Crippen LogP contribution in [0.1, 0.15) is 130 Å². The summed E-state index contributed by atoms with van der Waals surface area (Å²) < 4.78 is 4.72. The van der Waals surface area contributed by atoms with E-state index in [9.17, 15) is 0 Å². The van der Waals surface area contributed by atoms with Crippen LogP contribution in [-0.4, -0.2) is 0 Å². The van der Waals surface area contributed by atoms with Crippen molar-refractivity contribution in [2.24, 2.45) is 10.8 Å². The standard InChI is InChI=1S/C34H58N2/c1-33(2,3)23-17-31-19-27-35(28-20-31)25-15-13-11-9-7-8-10-12-14-16-26-36-29-21-32(22-30-36)18-24-34(4,5)6/h19-22,27-30H,7-18,23-26H2,1-6H3/q+2. The Bertz CT molecular complexity index is 735. The highest BCUT2D eigenvalue weighted by Crippen LogP contribution is 2.21. The first-order valence-electron chi connectivity index (χ1n) is 15.1. The van der Waals surface area contributed by atoms with Crippen LogP contribution in [0, 0.1) is 10.8 Å². The zero-order valence-electron chi connectivity index (χ0n) is 24.8. The van der Waals surface area contributed by atoms with Crippen molar-refractivity contribution in [2.75, 3.05) is 0 Å². The van der Waals surface area contributed by atoms with Crippen LogP contribution in [0.3, 0.4) is 0 Å². The molecule has 0 radical (unpaired) electrons. The van der Waals surface area contributed by atoms with Crippen molar-refractivity contribution in [1.82, 2.24) is 0 Å². The van der Waals surface area contributed by atoms with Crippen molar-refractivity contribution < 1.29 is 9.13 Å². The van der Waals surface area contributed by atoms with Gasteiger partial charge < -0.3 is 0 Å². The van der Waals surface area contributed by atoms with Crippen LogP contribution in [0.4, 0.5) is 0 Å². The summed E-state index contributed by atoms with van der Waals surface area (Å²) in [4.78, 5) is 0. The number of hydrogen-bond acceptors (Lipinski definition) is 0. The van der Waals surface area contributed by atoms with Gasteiger partial charge in [-0.05, 0) is 60.5 Å². The second-order valence-corrected chi connectivity index (χ2v) is 13.5. The Balaban J connectivity index is 1.40. The minimum Gasteiger partial charge on any atom is -0.205 e. The van der Waals surface area contributed by atoms with Crippen molar-refractivity contribution in [3.05, 3.63) is 60.2 Å². The van der Waals surface area contributed by atoms with Crippen molar-refractivity contribution >= 4 is 0 Å². The van der Waals surface area contributed by atoms with Gasteiger partial charge >= 0.3 is 0 Å². The SMILES string of the molecule is CC(C)(C)CCc1cc[n+](CCCCCCCCCCCC[n+]2ccc(CCC(C)(C)C)cc2)cc1. The molecule has 0 fully saturated rings. The van der Waals surface area contributed by atoms with Gasteiger partial charge in [0.2, 0.25) is 0 Å². The number of pyridine rings is 2. The Morgan fingerprint density at radius 1 is 0.444 bits per heavy atom. The summed E-state index contributed by atoms with van der Waals surface area (Å²) in [7, 11) is 0. The summed E-state index contributed by atoms with van der Waals surface area (Å²) in [5, 5.41) is 0. The van der Waals surface area contributed by atoms with Crippen molar-refractivity contribution in [3.8, 4) is 0 Å². The summed E-state index contributed by atoms with van der Waals surface area (Å²) in [6, 6.07) is 9.26. The van der Waals surface area contributed by atoms with E-state index in [-0.39, 0.29) is 0 Å². The summed E-state index contributed by atoms with van der Waals surface area (Å²) >= 11 is 0. The molecule has 0 aliphatic heterocycles. The Morgan fingerprint density at radius 3 is 1.00 bits per heavy atom. The number of unbranched alkanes of at least 4 members (excludes halogenated alkanes) is 9. The molecule has 0 N–H and O–H groups in total. The first-order valence-corrected chi connectivity index (χ1v) is 15.1. The van der Waals surface area contributed by atoms with Gasteiger partial charge in [0.05, 0.1) is 0 Å². The van der Waals surface area contributed by atoms with Crippen LogP contribution in [0.25, 0.3) is 0 Å². The summed E-state index contributed by atoms with van der Waals surface area (Å²) in [5.74, 6) is 0. The zero-order chi connectivity index (χ0) is 26.3. The third kappa shape index (κ3) is 15.4. The average molecular weight is 495 g/mol. The molecule has 0 saturated heterocycles. The molecule has 2 rings (SSSR count). The molecule has 36 heavy (non-hydrogen) atoms. The minimum absolute atomic E-state index is 0.421. The van der Waals surface area contributed by atoms with Gasteiger partial charge in [0.15, 0.2) is 24.8 Å². The molecule has 0 atom stereocenters. The maximum absolute atomic E-state index is 2.36. The topological polar surface area (TPSA) is 7.76 Å². The van der Waals surface area contributed by atoms with Crippen molar-refractivity contribution in [1.29, 1.82) is 0 Å². The minimum atomic E-state index is 0.421. The van der Waals surface area contributed by atoms with E-state index >= 15 is 0 Å². The van der Waals surface area contributed by atoms with Crippen LogP contribution < -0.4 is 9.13 Å². The largest absolute Gasteiger partial charge is 0.205 e. The molecule has 0 bridgehead atoms. The van der Waals surface area contributed by atoms with Crippen LogP contribution in [0.2, 0.25) is 0 Å². The first kappa shape index (κ1) is 30.5. The second-order valence-electron chi connectivity index (χ2n) is 13.5. The Labute approximate surface area is 224 Å². The van der Waals surface area contributed by atoms with Crippen LogP contribution in [0.15, 0.2) is 49.1 Å². The highest BCUT2D eigenvalue weighted by molar-refractivity contribution is 5.08. The van der Waals surface area contributed by atoms with Gasteiger partial charge in [0.25, 0.3) is 0 Å². The summed E-state index contributed by atoms with van der Waals surface area (Å²) in [5.41, 5.74) is 3.79. The Hall–Kier alpha value is -1.70. The molecule has 2 heteroatoms. The van der Waals surface area contributed by atoms with E-state index in [0.29, 0.717) is 10.8 Å². The molecule has 0 aromatic carbocycles. The third-order valence-electron chi connectivity index (χ3n) is 7.33. The molecule has 202 valence electrons. The van der Waals surface area contributed by atoms with Crippen LogP contribution in [-0.2, 0) is 25.9 Å². The average Bonchev–Trinajstić information content (AvgIpc) is 2.82. The number of aromatic nitrogens is 2. The summed E-state index contributed by atoms with van der Waals surface area (Å²) in [6.07, 6.45) is 27.8. The Morgan fingerprint density at radius 2 is 0.722 bits per heavy atom. The molecule has 0 saturated carbocycles. The van der Waals surface area contributed by atoms with Crippen molar-refractivity contribution in [3.63, 3.8) is 0 Å². The molecule has 2 heterocycles. The van der Waals surface area contributed by atoms with Gasteiger partial charge in [-0.2, -0.15) is 0 Å².